The van der Waals surface area contributed by atoms with Gasteiger partial charge in [0.05, 0.1) is 6.61 Å². The molecule has 1 saturated heterocycles. The molecule has 0 bridgehead atoms. The Morgan fingerprint density at radius 1 is 1.42 bits per heavy atom. The smallest absolute Gasteiger partial charge is 0.249 e. The van der Waals surface area contributed by atoms with Crippen LogP contribution in [0.2, 0.25) is 0 Å². The fourth-order valence-electron chi connectivity index (χ4n) is 2.16. The number of halogens is 1. The fraction of sp³-hybridized carbons (Fsp3) is 0.385. The average molecular weight is 263 g/mol. The number of benzene rings is 1. The lowest BCUT2D eigenvalue weighted by Crippen LogP contribution is -2.37. The molecule has 1 unspecified atom stereocenters. The summed E-state index contributed by atoms with van der Waals surface area (Å²) in [5.41, 5.74) is 6.93. The first-order valence-corrected chi connectivity index (χ1v) is 6.06. The van der Waals surface area contributed by atoms with E-state index in [0.717, 1.165) is 11.1 Å². The topological polar surface area (TPSA) is 74.2 Å². The zero-order chi connectivity index (χ0) is 13.5. The fourth-order valence-corrected chi connectivity index (χ4v) is 2.16. The molecule has 1 aliphatic heterocycles. The summed E-state index contributed by atoms with van der Waals surface area (Å²) in [4.78, 5) is 4.32. The van der Waals surface area contributed by atoms with Crippen molar-refractivity contribution in [1.29, 1.82) is 0 Å². The molecule has 5 nitrogen and oxygen atoms in total. The van der Waals surface area contributed by atoms with Crippen molar-refractivity contribution in [2.24, 2.45) is 5.73 Å². The third-order valence-electron chi connectivity index (χ3n) is 3.33. The highest BCUT2D eigenvalue weighted by Crippen LogP contribution is 2.29. The van der Waals surface area contributed by atoms with Gasteiger partial charge in [-0.3, -0.25) is 0 Å². The van der Waals surface area contributed by atoms with Crippen molar-refractivity contribution in [2.75, 3.05) is 13.2 Å². The number of rotatable bonds is 2. The quantitative estimate of drug-likeness (QED) is 0.893. The maximum atomic E-state index is 13.1. The van der Waals surface area contributed by atoms with Crippen LogP contribution >= 0.6 is 0 Å². The highest BCUT2D eigenvalue weighted by atomic mass is 19.1. The Morgan fingerprint density at radius 3 is 2.95 bits per heavy atom. The van der Waals surface area contributed by atoms with E-state index in [0.29, 0.717) is 31.3 Å². The van der Waals surface area contributed by atoms with Crippen molar-refractivity contribution < 1.29 is 13.7 Å². The summed E-state index contributed by atoms with van der Waals surface area (Å²) in [6.07, 6.45) is 0.650. The number of aryl methyl sites for hydroxylation is 1. The molecule has 2 heterocycles. The van der Waals surface area contributed by atoms with E-state index in [1.165, 1.54) is 12.1 Å². The molecule has 1 atom stereocenters. The maximum absolute atomic E-state index is 13.1. The van der Waals surface area contributed by atoms with Gasteiger partial charge in [-0.2, -0.15) is 4.98 Å². The maximum Gasteiger partial charge on any atom is 0.249 e. The highest BCUT2D eigenvalue weighted by Gasteiger charge is 2.38. The minimum atomic E-state index is -0.709. The van der Waals surface area contributed by atoms with Crippen LogP contribution in [0.25, 0.3) is 11.4 Å². The van der Waals surface area contributed by atoms with Crippen LogP contribution in [0.1, 0.15) is 17.9 Å². The van der Waals surface area contributed by atoms with Crippen LogP contribution in [0.5, 0.6) is 0 Å². The van der Waals surface area contributed by atoms with E-state index in [1.807, 2.05) is 0 Å². The van der Waals surface area contributed by atoms with E-state index in [2.05, 4.69) is 10.1 Å². The molecule has 100 valence electrons. The van der Waals surface area contributed by atoms with Gasteiger partial charge in [0.25, 0.3) is 0 Å². The summed E-state index contributed by atoms with van der Waals surface area (Å²) in [5, 5.41) is 3.92. The van der Waals surface area contributed by atoms with E-state index in [9.17, 15) is 4.39 Å². The van der Waals surface area contributed by atoms with E-state index in [4.69, 9.17) is 15.0 Å². The van der Waals surface area contributed by atoms with Gasteiger partial charge in [0.1, 0.15) is 11.4 Å². The molecular weight excluding hydrogens is 249 g/mol. The van der Waals surface area contributed by atoms with Gasteiger partial charge >= 0.3 is 0 Å². The first kappa shape index (κ1) is 12.3. The minimum Gasteiger partial charge on any atom is -0.379 e. The third kappa shape index (κ3) is 2.13. The van der Waals surface area contributed by atoms with Crippen molar-refractivity contribution in [3.05, 3.63) is 35.5 Å². The van der Waals surface area contributed by atoms with Gasteiger partial charge in [0.15, 0.2) is 0 Å². The SMILES string of the molecule is Cc1cc(F)ccc1-c1noc(C2(N)CCOC2)n1. The Hall–Kier alpha value is -1.79. The predicted octanol–water partition coefficient (Wildman–Crippen LogP) is 1.76. The lowest BCUT2D eigenvalue weighted by Gasteiger charge is -2.15. The Bertz CT molecular complexity index is 606. The number of ether oxygens (including phenoxy) is 1. The Balaban J connectivity index is 1.97. The molecule has 0 aliphatic carbocycles. The van der Waals surface area contributed by atoms with E-state index >= 15 is 0 Å². The summed E-state index contributed by atoms with van der Waals surface area (Å²) in [7, 11) is 0. The first-order chi connectivity index (χ1) is 9.08. The molecule has 1 fully saturated rings. The summed E-state index contributed by atoms with van der Waals surface area (Å²) < 4.78 is 23.6. The number of aromatic nitrogens is 2. The van der Waals surface area contributed by atoms with Gasteiger partial charge in [-0.05, 0) is 37.1 Å². The second-order valence-corrected chi connectivity index (χ2v) is 4.84. The van der Waals surface area contributed by atoms with Crippen LogP contribution in [-0.4, -0.2) is 23.4 Å². The van der Waals surface area contributed by atoms with Crippen LogP contribution in [0.15, 0.2) is 22.7 Å². The van der Waals surface area contributed by atoms with Crippen LogP contribution in [-0.2, 0) is 10.3 Å². The van der Waals surface area contributed by atoms with Gasteiger partial charge < -0.3 is 15.0 Å². The number of hydrogen-bond donors (Lipinski definition) is 1. The average Bonchev–Trinajstić information content (AvgIpc) is 2.99. The second kappa shape index (κ2) is 4.40. The van der Waals surface area contributed by atoms with Gasteiger partial charge in [-0.15, -0.1) is 0 Å². The molecule has 19 heavy (non-hydrogen) atoms. The zero-order valence-corrected chi connectivity index (χ0v) is 10.5. The molecule has 3 rings (SSSR count). The van der Waals surface area contributed by atoms with Crippen LogP contribution in [0.3, 0.4) is 0 Å². The summed E-state index contributed by atoms with van der Waals surface area (Å²) in [6, 6.07) is 4.44. The molecule has 0 spiro atoms. The molecule has 0 saturated carbocycles. The normalized spacial score (nSPS) is 22.9. The largest absolute Gasteiger partial charge is 0.379 e. The predicted molar refractivity (Wildman–Crippen MR) is 65.7 cm³/mol. The Labute approximate surface area is 109 Å². The van der Waals surface area contributed by atoms with Crippen LogP contribution in [0, 0.1) is 12.7 Å². The van der Waals surface area contributed by atoms with E-state index in [-0.39, 0.29) is 5.82 Å². The van der Waals surface area contributed by atoms with Gasteiger partial charge in [-0.1, -0.05) is 5.16 Å². The Morgan fingerprint density at radius 2 is 2.26 bits per heavy atom. The van der Waals surface area contributed by atoms with E-state index < -0.39 is 5.54 Å². The van der Waals surface area contributed by atoms with Crippen molar-refractivity contribution >= 4 is 0 Å². The lowest BCUT2D eigenvalue weighted by molar-refractivity contribution is 0.166. The second-order valence-electron chi connectivity index (χ2n) is 4.84. The molecule has 6 heteroatoms. The first-order valence-electron chi connectivity index (χ1n) is 6.06. The van der Waals surface area contributed by atoms with Crippen LogP contribution < -0.4 is 5.73 Å². The number of nitrogens with zero attached hydrogens (tertiary/aromatic N) is 2. The highest BCUT2D eigenvalue weighted by molar-refractivity contribution is 5.59. The molecule has 1 aromatic heterocycles. The summed E-state index contributed by atoms with van der Waals surface area (Å²) in [5.74, 6) is 0.498. The molecule has 2 N–H and O–H groups in total. The molecule has 0 radical (unpaired) electrons. The van der Waals surface area contributed by atoms with Crippen LogP contribution in [0.4, 0.5) is 4.39 Å². The van der Waals surface area contributed by atoms with Crippen molar-refractivity contribution in [3.63, 3.8) is 0 Å². The molecule has 1 aliphatic rings. The molecule has 1 aromatic carbocycles. The van der Waals surface area contributed by atoms with Gasteiger partial charge in [-0.25, -0.2) is 4.39 Å². The summed E-state index contributed by atoms with van der Waals surface area (Å²) >= 11 is 0. The monoisotopic (exact) mass is 263 g/mol. The number of hydrogen-bond acceptors (Lipinski definition) is 5. The lowest BCUT2D eigenvalue weighted by atomic mass is 10.0. The Kier molecular flexibility index (Phi) is 2.83. The zero-order valence-electron chi connectivity index (χ0n) is 10.5. The minimum absolute atomic E-state index is 0.288. The van der Waals surface area contributed by atoms with Crippen molar-refractivity contribution in [1.82, 2.24) is 10.1 Å². The van der Waals surface area contributed by atoms with E-state index in [1.54, 1.807) is 13.0 Å². The number of nitrogens with two attached hydrogens (primary N) is 1. The molecule has 2 aromatic rings. The van der Waals surface area contributed by atoms with Gasteiger partial charge in [0.2, 0.25) is 11.7 Å². The van der Waals surface area contributed by atoms with Gasteiger partial charge in [0, 0.05) is 12.2 Å². The van der Waals surface area contributed by atoms with Crippen molar-refractivity contribution in [3.8, 4) is 11.4 Å². The standard InChI is InChI=1S/C13H14FN3O2/c1-8-6-9(14)2-3-10(8)11-16-12(19-17-11)13(15)4-5-18-7-13/h2-3,6H,4-5,7,15H2,1H3. The molecular formula is C13H14FN3O2. The summed E-state index contributed by atoms with van der Waals surface area (Å²) in [6.45, 7) is 2.76. The van der Waals surface area contributed by atoms with Crippen molar-refractivity contribution in [2.45, 2.75) is 18.9 Å². The molecule has 0 amide bonds. The third-order valence-corrected chi connectivity index (χ3v) is 3.33.